The van der Waals surface area contributed by atoms with Crippen LogP contribution >= 0.6 is 23.4 Å². The second kappa shape index (κ2) is 10.0. The van der Waals surface area contributed by atoms with E-state index >= 15 is 0 Å². The van der Waals surface area contributed by atoms with Crippen LogP contribution in [0.1, 0.15) is 24.5 Å². The number of amidine groups is 1. The van der Waals surface area contributed by atoms with Gasteiger partial charge in [0.1, 0.15) is 5.75 Å². The van der Waals surface area contributed by atoms with E-state index in [1.165, 1.54) is 17.3 Å². The van der Waals surface area contributed by atoms with E-state index in [1.807, 2.05) is 36.4 Å². The molecule has 4 nitrogen and oxygen atoms in total. The highest BCUT2D eigenvalue weighted by atomic mass is 35.5. The molecule has 0 aliphatic rings. The normalized spacial score (nSPS) is 11.8. The van der Waals surface area contributed by atoms with Gasteiger partial charge in [0, 0.05) is 16.3 Å². The quantitative estimate of drug-likeness (QED) is 0.441. The molecule has 6 heteroatoms. The summed E-state index contributed by atoms with van der Waals surface area (Å²) in [6, 6.07) is 15.5. The van der Waals surface area contributed by atoms with Crippen LogP contribution < -0.4 is 10.5 Å². The van der Waals surface area contributed by atoms with Gasteiger partial charge in [-0.1, -0.05) is 60.6 Å². The number of nitrogens with zero attached hydrogens (tertiary/aromatic N) is 2. The minimum Gasteiger partial charge on any atom is -0.493 e. The molecule has 2 N–H and O–H groups in total. The Kier molecular flexibility index (Phi) is 7.65. The summed E-state index contributed by atoms with van der Waals surface area (Å²) in [5.41, 5.74) is 7.84. The van der Waals surface area contributed by atoms with E-state index in [-0.39, 0.29) is 0 Å². The summed E-state index contributed by atoms with van der Waals surface area (Å²) in [6.45, 7) is 2.69. The van der Waals surface area contributed by atoms with Gasteiger partial charge in [0.25, 0.3) is 0 Å². The van der Waals surface area contributed by atoms with Crippen molar-refractivity contribution in [2.75, 3.05) is 6.61 Å². The summed E-state index contributed by atoms with van der Waals surface area (Å²) in [5, 5.41) is 9.09. The smallest absolute Gasteiger partial charge is 0.180 e. The summed E-state index contributed by atoms with van der Waals surface area (Å²) in [5.74, 6) is 1.49. The standard InChI is InChI=1S/C18H20ClN3OS/c1-2-10-23-17-9-8-16(19)11-15(17)12-21-22-18(20)24-13-14-6-4-3-5-7-14/h3-9,11-12H,2,10,13H2,1H3,(H2,20,22). The molecule has 0 saturated carbocycles. The van der Waals surface area contributed by atoms with E-state index in [1.54, 1.807) is 18.3 Å². The molecule has 24 heavy (non-hydrogen) atoms. The third kappa shape index (κ3) is 6.26. The molecular weight excluding hydrogens is 342 g/mol. The summed E-state index contributed by atoms with van der Waals surface area (Å²) >= 11 is 7.47. The lowest BCUT2D eigenvalue weighted by molar-refractivity contribution is 0.317. The Labute approximate surface area is 151 Å². The third-order valence-electron chi connectivity index (χ3n) is 3.02. The van der Waals surface area contributed by atoms with E-state index in [2.05, 4.69) is 17.1 Å². The minimum absolute atomic E-state index is 0.410. The highest BCUT2D eigenvalue weighted by molar-refractivity contribution is 8.13. The zero-order valence-corrected chi connectivity index (χ0v) is 15.1. The Bertz CT molecular complexity index is 705. The van der Waals surface area contributed by atoms with Crippen molar-refractivity contribution in [1.82, 2.24) is 0 Å². The van der Waals surface area contributed by atoms with Gasteiger partial charge in [-0.05, 0) is 30.2 Å². The fourth-order valence-corrected chi connectivity index (χ4v) is 2.66. The molecule has 0 atom stereocenters. The van der Waals surface area contributed by atoms with Crippen molar-refractivity contribution in [3.05, 3.63) is 64.7 Å². The molecule has 0 aromatic heterocycles. The second-order valence-electron chi connectivity index (χ2n) is 4.99. The first kappa shape index (κ1) is 18.4. The van der Waals surface area contributed by atoms with Crippen molar-refractivity contribution in [2.24, 2.45) is 15.9 Å². The Morgan fingerprint density at radius 1 is 1.25 bits per heavy atom. The SMILES string of the molecule is CCCOc1ccc(Cl)cc1C=NN=C(N)SCc1ccccc1. The number of hydrogen-bond acceptors (Lipinski definition) is 4. The molecule has 0 aliphatic heterocycles. The fraction of sp³-hybridized carbons (Fsp3) is 0.222. The van der Waals surface area contributed by atoms with Crippen LogP contribution in [0.25, 0.3) is 0 Å². The van der Waals surface area contributed by atoms with Crippen molar-refractivity contribution in [1.29, 1.82) is 0 Å². The lowest BCUT2D eigenvalue weighted by Gasteiger charge is -2.07. The Morgan fingerprint density at radius 3 is 2.79 bits per heavy atom. The largest absolute Gasteiger partial charge is 0.493 e. The molecule has 0 amide bonds. The topological polar surface area (TPSA) is 60.0 Å². The van der Waals surface area contributed by atoms with Crippen LogP contribution in [0.4, 0.5) is 0 Å². The van der Waals surface area contributed by atoms with Crippen LogP contribution in [0, 0.1) is 0 Å². The second-order valence-corrected chi connectivity index (χ2v) is 6.42. The lowest BCUT2D eigenvalue weighted by atomic mass is 10.2. The molecule has 0 aliphatic carbocycles. The highest BCUT2D eigenvalue weighted by Gasteiger charge is 2.02. The zero-order valence-electron chi connectivity index (χ0n) is 13.5. The van der Waals surface area contributed by atoms with Gasteiger partial charge in [0.2, 0.25) is 0 Å². The molecule has 0 fully saturated rings. The first-order valence-corrected chi connectivity index (χ1v) is 9.01. The minimum atomic E-state index is 0.410. The molecule has 0 spiro atoms. The summed E-state index contributed by atoms with van der Waals surface area (Å²) < 4.78 is 5.67. The molecule has 0 radical (unpaired) electrons. The number of halogens is 1. The summed E-state index contributed by atoms with van der Waals surface area (Å²) in [6.07, 6.45) is 2.53. The summed E-state index contributed by atoms with van der Waals surface area (Å²) in [4.78, 5) is 0. The molecule has 2 rings (SSSR count). The van der Waals surface area contributed by atoms with E-state index in [0.717, 1.165) is 23.5 Å². The van der Waals surface area contributed by atoms with Gasteiger partial charge in [0.15, 0.2) is 5.17 Å². The van der Waals surface area contributed by atoms with Gasteiger partial charge in [0.05, 0.1) is 12.8 Å². The van der Waals surface area contributed by atoms with Crippen molar-refractivity contribution in [2.45, 2.75) is 19.1 Å². The summed E-state index contributed by atoms with van der Waals surface area (Å²) in [7, 11) is 0. The Balaban J connectivity index is 1.97. The van der Waals surface area contributed by atoms with Gasteiger partial charge in [-0.3, -0.25) is 0 Å². The van der Waals surface area contributed by atoms with Crippen LogP contribution in [0.5, 0.6) is 5.75 Å². The van der Waals surface area contributed by atoms with Gasteiger partial charge in [-0.15, -0.1) is 5.10 Å². The predicted molar refractivity (Wildman–Crippen MR) is 104 cm³/mol. The number of benzene rings is 2. The number of rotatable bonds is 7. The van der Waals surface area contributed by atoms with Gasteiger partial charge in [-0.25, -0.2) is 0 Å². The van der Waals surface area contributed by atoms with Gasteiger partial charge < -0.3 is 10.5 Å². The number of hydrogen-bond donors (Lipinski definition) is 1. The molecular formula is C18H20ClN3OS. The molecule has 0 unspecified atom stereocenters. The molecule has 126 valence electrons. The van der Waals surface area contributed by atoms with Crippen LogP contribution in [0.2, 0.25) is 5.02 Å². The molecule has 0 saturated heterocycles. The third-order valence-corrected chi connectivity index (χ3v) is 4.11. The van der Waals surface area contributed by atoms with Crippen molar-refractivity contribution in [3.63, 3.8) is 0 Å². The van der Waals surface area contributed by atoms with Crippen molar-refractivity contribution >= 4 is 34.7 Å². The molecule has 2 aromatic carbocycles. The van der Waals surface area contributed by atoms with Crippen molar-refractivity contribution in [3.8, 4) is 5.75 Å². The van der Waals surface area contributed by atoms with E-state index in [4.69, 9.17) is 22.1 Å². The Hall–Kier alpha value is -1.98. The molecule has 0 heterocycles. The van der Waals surface area contributed by atoms with Crippen LogP contribution in [0.15, 0.2) is 58.7 Å². The number of nitrogens with two attached hydrogens (primary N) is 1. The lowest BCUT2D eigenvalue weighted by Crippen LogP contribution is -2.06. The highest BCUT2D eigenvalue weighted by Crippen LogP contribution is 2.21. The Morgan fingerprint density at radius 2 is 2.04 bits per heavy atom. The zero-order chi connectivity index (χ0) is 17.2. The number of ether oxygens (including phenoxy) is 1. The number of thioether (sulfide) groups is 1. The predicted octanol–water partition coefficient (Wildman–Crippen LogP) is 4.71. The van der Waals surface area contributed by atoms with Crippen molar-refractivity contribution < 1.29 is 4.74 Å². The molecule has 0 bridgehead atoms. The fourth-order valence-electron chi connectivity index (χ4n) is 1.87. The van der Waals surface area contributed by atoms with E-state index in [0.29, 0.717) is 16.8 Å². The maximum atomic E-state index is 6.03. The average Bonchev–Trinajstić information content (AvgIpc) is 2.60. The average molecular weight is 362 g/mol. The van der Waals surface area contributed by atoms with E-state index < -0.39 is 0 Å². The van der Waals surface area contributed by atoms with Crippen LogP contribution in [0.3, 0.4) is 0 Å². The first-order valence-electron chi connectivity index (χ1n) is 7.64. The molecule has 2 aromatic rings. The van der Waals surface area contributed by atoms with Gasteiger partial charge in [-0.2, -0.15) is 5.10 Å². The van der Waals surface area contributed by atoms with E-state index in [9.17, 15) is 0 Å². The maximum absolute atomic E-state index is 6.03. The monoisotopic (exact) mass is 361 g/mol. The first-order chi connectivity index (χ1) is 11.7. The van der Waals surface area contributed by atoms with Crippen LogP contribution in [-0.4, -0.2) is 18.0 Å². The van der Waals surface area contributed by atoms with Gasteiger partial charge >= 0.3 is 0 Å². The van der Waals surface area contributed by atoms with Crippen LogP contribution in [-0.2, 0) is 5.75 Å². The maximum Gasteiger partial charge on any atom is 0.180 e.